The number of rotatable bonds is 4. The molecule has 0 saturated heterocycles. The van der Waals surface area contributed by atoms with Crippen molar-refractivity contribution in [3.63, 3.8) is 0 Å². The zero-order valence-electron chi connectivity index (χ0n) is 13.3. The second kappa shape index (κ2) is 6.57. The molecule has 0 saturated carbocycles. The summed E-state index contributed by atoms with van der Waals surface area (Å²) in [4.78, 5) is 0. The Morgan fingerprint density at radius 2 is 1.79 bits per heavy atom. The van der Waals surface area contributed by atoms with Gasteiger partial charge < -0.3 is 14.0 Å². The number of aromatic nitrogens is 3. The zero-order valence-corrected chi connectivity index (χ0v) is 14.1. The summed E-state index contributed by atoms with van der Waals surface area (Å²) in [6.07, 6.45) is -0.247. The van der Waals surface area contributed by atoms with E-state index in [4.69, 9.17) is 9.47 Å². The summed E-state index contributed by atoms with van der Waals surface area (Å²) in [5.74, 6) is 3.16. The van der Waals surface area contributed by atoms with E-state index in [1.807, 2.05) is 54.1 Å². The molecule has 2 aromatic carbocycles. The molecule has 5 nitrogen and oxygen atoms in total. The topological polar surface area (TPSA) is 49.2 Å². The maximum absolute atomic E-state index is 6.02. The number of hydrogen-bond acceptors (Lipinski definition) is 5. The molecule has 0 fully saturated rings. The Balaban J connectivity index is 1.49. The van der Waals surface area contributed by atoms with Gasteiger partial charge in [0.2, 0.25) is 0 Å². The van der Waals surface area contributed by atoms with Gasteiger partial charge in [-0.05, 0) is 17.7 Å². The number of benzene rings is 2. The highest BCUT2D eigenvalue weighted by Gasteiger charge is 2.27. The fourth-order valence-corrected chi connectivity index (χ4v) is 3.48. The van der Waals surface area contributed by atoms with Crippen molar-refractivity contribution in [2.75, 3.05) is 6.61 Å². The molecule has 0 N–H and O–H groups in total. The monoisotopic (exact) mass is 339 g/mol. The van der Waals surface area contributed by atoms with Crippen LogP contribution in [0.4, 0.5) is 0 Å². The van der Waals surface area contributed by atoms with E-state index >= 15 is 0 Å². The molecule has 0 bridgehead atoms. The van der Waals surface area contributed by atoms with Crippen LogP contribution in [0.2, 0.25) is 0 Å². The first-order valence-electron chi connectivity index (χ1n) is 7.76. The van der Waals surface area contributed by atoms with Crippen LogP contribution >= 0.6 is 11.8 Å². The molecule has 122 valence electrons. The van der Waals surface area contributed by atoms with Crippen LogP contribution in [0.15, 0.2) is 59.8 Å². The van der Waals surface area contributed by atoms with Crippen LogP contribution in [0.3, 0.4) is 0 Å². The third kappa shape index (κ3) is 2.97. The lowest BCUT2D eigenvalue weighted by Crippen LogP contribution is -2.24. The quantitative estimate of drug-likeness (QED) is 0.680. The average Bonchev–Trinajstić information content (AvgIpc) is 3.01. The van der Waals surface area contributed by atoms with Gasteiger partial charge in [-0.3, -0.25) is 0 Å². The summed E-state index contributed by atoms with van der Waals surface area (Å²) in [7, 11) is 1.96. The summed E-state index contributed by atoms with van der Waals surface area (Å²) < 4.78 is 13.8. The van der Waals surface area contributed by atoms with Gasteiger partial charge in [-0.2, -0.15) is 0 Å². The molecular weight excluding hydrogens is 322 g/mol. The molecule has 0 unspecified atom stereocenters. The maximum atomic E-state index is 6.02. The highest BCUT2D eigenvalue weighted by atomic mass is 32.2. The fraction of sp³-hybridized carbons (Fsp3) is 0.222. The van der Waals surface area contributed by atoms with Crippen LogP contribution in [-0.4, -0.2) is 21.4 Å². The predicted octanol–water partition coefficient (Wildman–Crippen LogP) is 3.62. The fourth-order valence-electron chi connectivity index (χ4n) is 2.60. The van der Waals surface area contributed by atoms with Crippen molar-refractivity contribution in [1.82, 2.24) is 14.8 Å². The molecule has 0 radical (unpaired) electrons. The van der Waals surface area contributed by atoms with Crippen molar-refractivity contribution in [1.29, 1.82) is 0 Å². The first-order chi connectivity index (χ1) is 11.8. The lowest BCUT2D eigenvalue weighted by Gasteiger charge is -2.25. The van der Waals surface area contributed by atoms with Gasteiger partial charge in [-0.15, -0.1) is 10.2 Å². The van der Waals surface area contributed by atoms with E-state index in [2.05, 4.69) is 22.3 Å². The lowest BCUT2D eigenvalue weighted by atomic mass is 10.2. The molecule has 0 amide bonds. The summed E-state index contributed by atoms with van der Waals surface area (Å²) in [6, 6.07) is 18.0. The first kappa shape index (κ1) is 15.1. The molecule has 1 atom stereocenters. The second-order valence-electron chi connectivity index (χ2n) is 5.54. The average molecular weight is 339 g/mol. The summed E-state index contributed by atoms with van der Waals surface area (Å²) in [5.41, 5.74) is 1.26. The molecule has 0 spiro atoms. The standard InChI is InChI=1S/C18H17N3O2S/c1-21-17(16-11-22-14-9-5-6-10-15(14)23-16)19-20-18(21)24-12-13-7-3-2-4-8-13/h2-10,16H,11-12H2,1H3/t16-/m1/s1. The van der Waals surface area contributed by atoms with Crippen molar-refractivity contribution in [2.45, 2.75) is 17.0 Å². The van der Waals surface area contributed by atoms with E-state index in [0.717, 1.165) is 28.2 Å². The van der Waals surface area contributed by atoms with Crippen molar-refractivity contribution in [3.8, 4) is 11.5 Å². The summed E-state index contributed by atoms with van der Waals surface area (Å²) in [5, 5.41) is 9.49. The Labute approximate surface area is 144 Å². The molecule has 1 aliphatic rings. The lowest BCUT2D eigenvalue weighted by molar-refractivity contribution is 0.0825. The Kier molecular flexibility index (Phi) is 4.13. The van der Waals surface area contributed by atoms with Crippen LogP contribution in [0.25, 0.3) is 0 Å². The largest absolute Gasteiger partial charge is 0.485 e. The molecule has 2 heterocycles. The van der Waals surface area contributed by atoms with Gasteiger partial charge in [0.15, 0.2) is 28.6 Å². The molecule has 4 rings (SSSR count). The molecule has 0 aliphatic carbocycles. The minimum absolute atomic E-state index is 0.247. The van der Waals surface area contributed by atoms with Gasteiger partial charge in [-0.25, -0.2) is 0 Å². The zero-order chi connectivity index (χ0) is 16.4. The Bertz CT molecular complexity index is 835. The normalized spacial score (nSPS) is 16.1. The van der Waals surface area contributed by atoms with Crippen LogP contribution in [-0.2, 0) is 12.8 Å². The highest BCUT2D eigenvalue weighted by Crippen LogP contribution is 2.35. The van der Waals surface area contributed by atoms with E-state index in [1.165, 1.54) is 5.56 Å². The van der Waals surface area contributed by atoms with E-state index in [-0.39, 0.29) is 6.10 Å². The number of ether oxygens (including phenoxy) is 2. The van der Waals surface area contributed by atoms with Crippen LogP contribution < -0.4 is 9.47 Å². The van der Waals surface area contributed by atoms with Gasteiger partial charge in [0.1, 0.15) is 6.61 Å². The summed E-state index contributed by atoms with van der Waals surface area (Å²) in [6.45, 7) is 0.437. The van der Waals surface area contributed by atoms with Crippen molar-refractivity contribution in [2.24, 2.45) is 7.05 Å². The van der Waals surface area contributed by atoms with E-state index in [9.17, 15) is 0 Å². The SMILES string of the molecule is Cn1c(SCc2ccccc2)nnc1[C@H]1COc2ccccc2O1. The number of thioether (sulfide) groups is 1. The molecule has 6 heteroatoms. The number of fused-ring (bicyclic) bond motifs is 1. The highest BCUT2D eigenvalue weighted by molar-refractivity contribution is 7.98. The second-order valence-corrected chi connectivity index (χ2v) is 6.48. The number of para-hydroxylation sites is 2. The van der Waals surface area contributed by atoms with Crippen molar-refractivity contribution < 1.29 is 9.47 Å². The molecule has 24 heavy (non-hydrogen) atoms. The first-order valence-corrected chi connectivity index (χ1v) is 8.74. The van der Waals surface area contributed by atoms with E-state index < -0.39 is 0 Å². The van der Waals surface area contributed by atoms with Crippen molar-refractivity contribution in [3.05, 3.63) is 66.0 Å². The summed E-state index contributed by atoms with van der Waals surface area (Å²) >= 11 is 1.66. The molecule has 3 aromatic rings. The van der Waals surface area contributed by atoms with E-state index in [1.54, 1.807) is 11.8 Å². The Morgan fingerprint density at radius 1 is 1.04 bits per heavy atom. The van der Waals surface area contributed by atoms with Crippen molar-refractivity contribution >= 4 is 11.8 Å². The Morgan fingerprint density at radius 3 is 2.62 bits per heavy atom. The van der Waals surface area contributed by atoms with Crippen LogP contribution in [0, 0.1) is 0 Å². The number of hydrogen-bond donors (Lipinski definition) is 0. The minimum atomic E-state index is -0.247. The predicted molar refractivity (Wildman–Crippen MR) is 92.3 cm³/mol. The van der Waals surface area contributed by atoms with Gasteiger partial charge in [0, 0.05) is 12.8 Å². The van der Waals surface area contributed by atoms with Gasteiger partial charge in [-0.1, -0.05) is 54.2 Å². The Hall–Kier alpha value is -2.47. The molecule has 1 aliphatic heterocycles. The van der Waals surface area contributed by atoms with E-state index in [0.29, 0.717) is 6.61 Å². The molecule has 1 aromatic heterocycles. The minimum Gasteiger partial charge on any atom is -0.485 e. The third-order valence-corrected chi connectivity index (χ3v) is 4.97. The molecular formula is C18H17N3O2S. The van der Waals surface area contributed by atoms with Gasteiger partial charge in [0.25, 0.3) is 0 Å². The smallest absolute Gasteiger partial charge is 0.192 e. The maximum Gasteiger partial charge on any atom is 0.192 e. The van der Waals surface area contributed by atoms with Crippen LogP contribution in [0.1, 0.15) is 17.5 Å². The van der Waals surface area contributed by atoms with Gasteiger partial charge in [0.05, 0.1) is 0 Å². The number of nitrogens with zero attached hydrogens (tertiary/aromatic N) is 3. The van der Waals surface area contributed by atoms with Crippen LogP contribution in [0.5, 0.6) is 11.5 Å². The van der Waals surface area contributed by atoms with Gasteiger partial charge >= 0.3 is 0 Å². The third-order valence-electron chi connectivity index (χ3n) is 3.88.